The molecule has 0 unspecified atom stereocenters. The van der Waals surface area contributed by atoms with Crippen molar-refractivity contribution in [3.8, 4) is 0 Å². The minimum absolute atomic E-state index is 0.0107. The van der Waals surface area contributed by atoms with Crippen molar-refractivity contribution in [2.45, 2.75) is 30.2 Å². The van der Waals surface area contributed by atoms with Gasteiger partial charge < -0.3 is 9.88 Å². The van der Waals surface area contributed by atoms with E-state index in [-0.39, 0.29) is 22.8 Å². The standard InChI is InChI=1S/C19H24N4O3S/c1-22(19(24)18-5-3-8-21-18)16-10-14-6-9-23(13-15(14)11-16)27(25,26)17-4-2-7-20-12-17/h2-5,7-8,12,14-16,21H,6,9-11,13H2,1H3/t14-,15-,16+/m1/s1. The third-order valence-corrected chi connectivity index (χ3v) is 7.82. The summed E-state index contributed by atoms with van der Waals surface area (Å²) in [6.07, 6.45) is 7.34. The zero-order chi connectivity index (χ0) is 19.0. The molecule has 0 spiro atoms. The van der Waals surface area contributed by atoms with E-state index in [1.807, 2.05) is 18.0 Å². The average Bonchev–Trinajstić information content (AvgIpc) is 3.36. The quantitative estimate of drug-likeness (QED) is 0.868. The second-order valence-corrected chi connectivity index (χ2v) is 9.42. The Balaban J connectivity index is 1.45. The molecule has 8 heteroatoms. The molecule has 1 aliphatic carbocycles. The summed E-state index contributed by atoms with van der Waals surface area (Å²) in [7, 11) is -1.66. The number of nitrogens with one attached hydrogen (secondary N) is 1. The molecule has 2 aromatic heterocycles. The average molecular weight is 388 g/mol. The van der Waals surface area contributed by atoms with E-state index in [4.69, 9.17) is 0 Å². The number of amides is 1. The van der Waals surface area contributed by atoms with Gasteiger partial charge in [-0.1, -0.05) is 0 Å². The van der Waals surface area contributed by atoms with Gasteiger partial charge in [-0.15, -0.1) is 0 Å². The summed E-state index contributed by atoms with van der Waals surface area (Å²) in [5.74, 6) is 0.742. The molecular weight excluding hydrogens is 364 g/mol. The molecule has 7 nitrogen and oxygen atoms in total. The summed E-state index contributed by atoms with van der Waals surface area (Å²) in [5.41, 5.74) is 0.591. The van der Waals surface area contributed by atoms with Gasteiger partial charge in [0.2, 0.25) is 10.0 Å². The fraction of sp³-hybridized carbons (Fsp3) is 0.474. The number of aromatic nitrogens is 2. The van der Waals surface area contributed by atoms with Crippen molar-refractivity contribution in [1.82, 2.24) is 19.2 Å². The highest BCUT2D eigenvalue weighted by Gasteiger charge is 2.43. The van der Waals surface area contributed by atoms with E-state index in [1.54, 1.807) is 34.9 Å². The molecule has 1 saturated heterocycles. The Hall–Kier alpha value is -2.19. The molecule has 2 aromatic rings. The molecule has 0 aromatic carbocycles. The molecule has 1 saturated carbocycles. The number of pyridine rings is 1. The Morgan fingerprint density at radius 2 is 2.07 bits per heavy atom. The lowest BCUT2D eigenvalue weighted by atomic mass is 9.90. The number of hydrogen-bond donors (Lipinski definition) is 1. The number of nitrogens with zero attached hydrogens (tertiary/aromatic N) is 3. The summed E-state index contributed by atoms with van der Waals surface area (Å²) in [6, 6.07) is 6.98. The van der Waals surface area contributed by atoms with E-state index in [0.717, 1.165) is 19.3 Å². The lowest BCUT2D eigenvalue weighted by Crippen LogP contribution is -2.42. The van der Waals surface area contributed by atoms with Gasteiger partial charge in [0.15, 0.2) is 0 Å². The molecule has 0 radical (unpaired) electrons. The monoisotopic (exact) mass is 388 g/mol. The van der Waals surface area contributed by atoms with Crippen molar-refractivity contribution in [3.05, 3.63) is 48.5 Å². The molecular formula is C19H24N4O3S. The zero-order valence-electron chi connectivity index (χ0n) is 15.3. The van der Waals surface area contributed by atoms with Gasteiger partial charge in [-0.25, -0.2) is 8.42 Å². The molecule has 2 fully saturated rings. The van der Waals surface area contributed by atoms with Gasteiger partial charge in [-0.3, -0.25) is 9.78 Å². The Morgan fingerprint density at radius 3 is 2.78 bits per heavy atom. The van der Waals surface area contributed by atoms with Crippen LogP contribution in [-0.4, -0.2) is 59.7 Å². The van der Waals surface area contributed by atoms with Gasteiger partial charge in [0.25, 0.3) is 5.91 Å². The molecule has 144 valence electrons. The van der Waals surface area contributed by atoms with Crippen LogP contribution in [0.15, 0.2) is 47.8 Å². The fourth-order valence-corrected chi connectivity index (χ4v) is 5.90. The Kier molecular flexibility index (Phi) is 4.77. The molecule has 1 amide bonds. The number of sulfonamides is 1. The normalized spacial score (nSPS) is 25.9. The van der Waals surface area contributed by atoms with Crippen molar-refractivity contribution in [1.29, 1.82) is 0 Å². The van der Waals surface area contributed by atoms with Crippen LogP contribution in [-0.2, 0) is 10.0 Å². The maximum atomic E-state index is 12.9. The first-order chi connectivity index (χ1) is 13.0. The third-order valence-electron chi connectivity index (χ3n) is 5.97. The SMILES string of the molecule is CN(C(=O)c1ccc[nH]1)[C@H]1C[C@H]2CCN(S(=O)(=O)c3cccnc3)C[C@H]2C1. The third kappa shape index (κ3) is 3.39. The van der Waals surface area contributed by atoms with E-state index in [1.165, 1.54) is 6.20 Å². The topological polar surface area (TPSA) is 86.4 Å². The Bertz CT molecular complexity index is 898. The summed E-state index contributed by atoms with van der Waals surface area (Å²) in [4.78, 5) is 21.5. The first-order valence-corrected chi connectivity index (χ1v) is 10.7. The van der Waals surface area contributed by atoms with Gasteiger partial charge in [0.05, 0.1) is 0 Å². The molecule has 2 aliphatic rings. The number of aromatic amines is 1. The number of fused-ring (bicyclic) bond motifs is 1. The maximum absolute atomic E-state index is 12.9. The van der Waals surface area contributed by atoms with Crippen molar-refractivity contribution >= 4 is 15.9 Å². The van der Waals surface area contributed by atoms with Crippen LogP contribution in [0.4, 0.5) is 0 Å². The first kappa shape index (κ1) is 18.2. The van der Waals surface area contributed by atoms with E-state index in [9.17, 15) is 13.2 Å². The largest absolute Gasteiger partial charge is 0.357 e. The molecule has 3 atom stereocenters. The highest BCUT2D eigenvalue weighted by molar-refractivity contribution is 7.89. The van der Waals surface area contributed by atoms with Crippen LogP contribution in [0.3, 0.4) is 0 Å². The van der Waals surface area contributed by atoms with E-state index < -0.39 is 10.0 Å². The second kappa shape index (κ2) is 7.09. The molecule has 4 rings (SSSR count). The smallest absolute Gasteiger partial charge is 0.270 e. The Morgan fingerprint density at radius 1 is 1.26 bits per heavy atom. The summed E-state index contributed by atoms with van der Waals surface area (Å²) >= 11 is 0. The van der Waals surface area contributed by atoms with Crippen LogP contribution >= 0.6 is 0 Å². The number of carbonyl (C=O) groups excluding carboxylic acids is 1. The highest BCUT2D eigenvalue weighted by atomic mass is 32.2. The summed E-state index contributed by atoms with van der Waals surface area (Å²) < 4.78 is 27.3. The van der Waals surface area contributed by atoms with Crippen LogP contribution < -0.4 is 0 Å². The number of piperidine rings is 1. The minimum atomic E-state index is -3.50. The lowest BCUT2D eigenvalue weighted by molar-refractivity contribution is 0.0725. The Labute approximate surface area is 159 Å². The minimum Gasteiger partial charge on any atom is -0.357 e. The lowest BCUT2D eigenvalue weighted by Gasteiger charge is -2.33. The van der Waals surface area contributed by atoms with E-state index in [2.05, 4.69) is 9.97 Å². The van der Waals surface area contributed by atoms with Crippen molar-refractivity contribution in [2.75, 3.05) is 20.1 Å². The van der Waals surface area contributed by atoms with Crippen LogP contribution in [0.5, 0.6) is 0 Å². The van der Waals surface area contributed by atoms with Gasteiger partial charge >= 0.3 is 0 Å². The van der Waals surface area contributed by atoms with Crippen LogP contribution in [0, 0.1) is 11.8 Å². The molecule has 27 heavy (non-hydrogen) atoms. The van der Waals surface area contributed by atoms with Crippen molar-refractivity contribution in [3.63, 3.8) is 0 Å². The highest BCUT2D eigenvalue weighted by Crippen LogP contribution is 2.41. The van der Waals surface area contributed by atoms with Crippen molar-refractivity contribution < 1.29 is 13.2 Å². The second-order valence-electron chi connectivity index (χ2n) is 7.49. The first-order valence-electron chi connectivity index (χ1n) is 9.27. The maximum Gasteiger partial charge on any atom is 0.270 e. The van der Waals surface area contributed by atoms with Crippen molar-refractivity contribution in [2.24, 2.45) is 11.8 Å². The predicted octanol–water partition coefficient (Wildman–Crippen LogP) is 1.97. The fourth-order valence-electron chi connectivity index (χ4n) is 4.42. The molecule has 1 N–H and O–H groups in total. The van der Waals surface area contributed by atoms with Crippen LogP contribution in [0.25, 0.3) is 0 Å². The predicted molar refractivity (Wildman–Crippen MR) is 101 cm³/mol. The van der Waals surface area contributed by atoms with Crippen LogP contribution in [0.1, 0.15) is 29.8 Å². The van der Waals surface area contributed by atoms with Crippen LogP contribution in [0.2, 0.25) is 0 Å². The van der Waals surface area contributed by atoms with E-state index >= 15 is 0 Å². The number of rotatable bonds is 4. The number of hydrogen-bond acceptors (Lipinski definition) is 4. The van der Waals surface area contributed by atoms with Gasteiger partial charge in [-0.05, 0) is 55.4 Å². The molecule has 3 heterocycles. The van der Waals surface area contributed by atoms with Gasteiger partial charge in [-0.2, -0.15) is 4.31 Å². The van der Waals surface area contributed by atoms with Gasteiger partial charge in [0, 0.05) is 44.8 Å². The van der Waals surface area contributed by atoms with E-state index in [0.29, 0.717) is 24.7 Å². The number of carbonyl (C=O) groups is 1. The number of H-pyrrole nitrogens is 1. The van der Waals surface area contributed by atoms with Gasteiger partial charge in [0.1, 0.15) is 10.6 Å². The zero-order valence-corrected chi connectivity index (χ0v) is 16.1. The molecule has 1 aliphatic heterocycles. The molecule has 0 bridgehead atoms. The summed E-state index contributed by atoms with van der Waals surface area (Å²) in [6.45, 7) is 1.04. The summed E-state index contributed by atoms with van der Waals surface area (Å²) in [5, 5.41) is 0.